The summed E-state index contributed by atoms with van der Waals surface area (Å²) >= 11 is 0. The molecule has 0 radical (unpaired) electrons. The molecule has 1 saturated carbocycles. The first-order chi connectivity index (χ1) is 14.1. The van der Waals surface area contributed by atoms with E-state index in [4.69, 9.17) is 4.74 Å². The van der Waals surface area contributed by atoms with Gasteiger partial charge in [0.05, 0.1) is 24.6 Å². The van der Waals surface area contributed by atoms with Crippen molar-refractivity contribution in [1.29, 1.82) is 0 Å². The fraction of sp³-hybridized carbons (Fsp3) is 0.261. The van der Waals surface area contributed by atoms with Crippen LogP contribution in [0.5, 0.6) is 5.75 Å². The highest BCUT2D eigenvalue weighted by molar-refractivity contribution is 6.23. The first-order valence-electron chi connectivity index (χ1n) is 9.68. The Morgan fingerprint density at radius 1 is 1.00 bits per heavy atom. The minimum absolute atomic E-state index is 0.149. The maximum atomic E-state index is 13.0. The number of rotatable bonds is 4. The lowest BCUT2D eigenvalue weighted by molar-refractivity contribution is -0.123. The highest BCUT2D eigenvalue weighted by Gasteiger charge is 2.59. The summed E-state index contributed by atoms with van der Waals surface area (Å²) in [5, 5.41) is 2.82. The lowest BCUT2D eigenvalue weighted by atomic mass is 9.85. The molecule has 1 N–H and O–H groups in total. The number of nitrogens with one attached hydrogen (secondary N) is 1. The number of nitrogens with zero attached hydrogens (tertiary/aromatic N) is 1. The average molecular weight is 388 g/mol. The Morgan fingerprint density at radius 2 is 1.66 bits per heavy atom. The van der Waals surface area contributed by atoms with Gasteiger partial charge in [-0.3, -0.25) is 14.4 Å². The van der Waals surface area contributed by atoms with Crippen molar-refractivity contribution in [2.75, 3.05) is 17.3 Å². The van der Waals surface area contributed by atoms with Gasteiger partial charge in [-0.05, 0) is 60.7 Å². The van der Waals surface area contributed by atoms with Gasteiger partial charge in [-0.2, -0.15) is 0 Å². The standard InChI is InChI=1S/C23H20N2O4/c1-29-18-9-7-16(8-10-18)24-21(26)15-3-2-4-17(12-15)25-22(27)19-13-5-6-14(11-13)20(19)23(25)28/h2-10,12-14,19-20H,11H2,1H3,(H,24,26)/t13-,14+,19+,20-. The van der Waals surface area contributed by atoms with Crippen LogP contribution in [0.4, 0.5) is 11.4 Å². The first-order valence-corrected chi connectivity index (χ1v) is 9.68. The number of anilines is 2. The number of benzene rings is 2. The molecule has 146 valence electrons. The average Bonchev–Trinajstić information content (AvgIpc) is 3.42. The monoisotopic (exact) mass is 388 g/mol. The Labute approximate surface area is 168 Å². The van der Waals surface area contributed by atoms with Crippen LogP contribution in [-0.2, 0) is 9.59 Å². The molecule has 29 heavy (non-hydrogen) atoms. The maximum absolute atomic E-state index is 13.0. The SMILES string of the molecule is COc1ccc(NC(=O)c2cccc(N3C(=O)[C@@H]4[C@H](C3=O)[C@H]3C=C[C@@H]4C3)c2)cc1. The molecular formula is C23H20N2O4. The summed E-state index contributed by atoms with van der Waals surface area (Å²) in [4.78, 5) is 39.9. The number of imide groups is 1. The Kier molecular flexibility index (Phi) is 4.01. The summed E-state index contributed by atoms with van der Waals surface area (Å²) in [5.41, 5.74) is 1.47. The summed E-state index contributed by atoms with van der Waals surface area (Å²) in [6.07, 6.45) is 5.03. The summed E-state index contributed by atoms with van der Waals surface area (Å²) in [7, 11) is 1.58. The van der Waals surface area contributed by atoms with Crippen LogP contribution < -0.4 is 15.0 Å². The normalized spacial score (nSPS) is 26.7. The van der Waals surface area contributed by atoms with Crippen LogP contribution >= 0.6 is 0 Å². The highest BCUT2D eigenvalue weighted by Crippen LogP contribution is 2.53. The van der Waals surface area contributed by atoms with Gasteiger partial charge in [-0.25, -0.2) is 4.90 Å². The van der Waals surface area contributed by atoms with Crippen LogP contribution in [-0.4, -0.2) is 24.8 Å². The lowest BCUT2D eigenvalue weighted by Gasteiger charge is -2.18. The van der Waals surface area contributed by atoms with E-state index >= 15 is 0 Å². The van der Waals surface area contributed by atoms with E-state index in [0.29, 0.717) is 22.7 Å². The van der Waals surface area contributed by atoms with Crippen molar-refractivity contribution >= 4 is 29.1 Å². The van der Waals surface area contributed by atoms with Crippen molar-refractivity contribution in [3.05, 3.63) is 66.2 Å². The second-order valence-electron chi connectivity index (χ2n) is 7.74. The molecular weight excluding hydrogens is 368 g/mol. The number of hydrogen-bond donors (Lipinski definition) is 1. The third kappa shape index (κ3) is 2.75. The number of fused-ring (bicyclic) bond motifs is 5. The zero-order valence-electron chi connectivity index (χ0n) is 15.9. The van der Waals surface area contributed by atoms with Crippen LogP contribution in [0.25, 0.3) is 0 Å². The second kappa shape index (κ2) is 6.58. The quantitative estimate of drug-likeness (QED) is 0.644. The van der Waals surface area contributed by atoms with Crippen molar-refractivity contribution in [2.45, 2.75) is 6.42 Å². The molecule has 3 amide bonds. The smallest absolute Gasteiger partial charge is 0.255 e. The zero-order valence-corrected chi connectivity index (χ0v) is 15.9. The summed E-state index contributed by atoms with van der Waals surface area (Å²) in [6, 6.07) is 13.7. The molecule has 0 aromatic heterocycles. The van der Waals surface area contributed by atoms with Crippen molar-refractivity contribution < 1.29 is 19.1 Å². The van der Waals surface area contributed by atoms with Gasteiger partial charge in [0, 0.05) is 11.3 Å². The molecule has 1 heterocycles. The fourth-order valence-electron chi connectivity index (χ4n) is 4.82. The first kappa shape index (κ1) is 17.7. The van der Waals surface area contributed by atoms with E-state index in [1.807, 2.05) is 0 Å². The number of carbonyl (C=O) groups excluding carboxylic acids is 3. The predicted octanol–water partition coefficient (Wildman–Crippen LogP) is 3.26. The van der Waals surface area contributed by atoms with Gasteiger partial charge in [0.15, 0.2) is 0 Å². The van der Waals surface area contributed by atoms with Crippen molar-refractivity contribution in [3.8, 4) is 5.75 Å². The Balaban J connectivity index is 1.38. The maximum Gasteiger partial charge on any atom is 0.255 e. The fourth-order valence-corrected chi connectivity index (χ4v) is 4.82. The summed E-state index contributed by atoms with van der Waals surface area (Å²) in [5.74, 6) is -0.0956. The largest absolute Gasteiger partial charge is 0.497 e. The minimum atomic E-state index is -0.307. The van der Waals surface area contributed by atoms with E-state index in [1.54, 1.807) is 55.6 Å². The van der Waals surface area contributed by atoms with Gasteiger partial charge >= 0.3 is 0 Å². The van der Waals surface area contributed by atoms with Crippen molar-refractivity contribution in [3.63, 3.8) is 0 Å². The Hall–Kier alpha value is -3.41. The van der Waals surface area contributed by atoms with E-state index in [9.17, 15) is 14.4 Å². The number of ether oxygens (including phenoxy) is 1. The number of carbonyl (C=O) groups is 3. The van der Waals surface area contributed by atoms with Gasteiger partial charge in [-0.15, -0.1) is 0 Å². The molecule has 6 nitrogen and oxygen atoms in total. The van der Waals surface area contributed by atoms with Crippen molar-refractivity contribution in [1.82, 2.24) is 0 Å². The van der Waals surface area contributed by atoms with E-state index in [0.717, 1.165) is 6.42 Å². The third-order valence-electron chi connectivity index (χ3n) is 6.18. The topological polar surface area (TPSA) is 75.7 Å². The number of amides is 3. The van der Waals surface area contributed by atoms with E-state index in [1.165, 1.54) is 4.90 Å². The molecule has 0 unspecified atom stereocenters. The number of methoxy groups -OCH3 is 1. The van der Waals surface area contributed by atoms with Gasteiger partial charge in [-0.1, -0.05) is 18.2 Å². The number of allylic oxidation sites excluding steroid dienone is 2. The highest BCUT2D eigenvalue weighted by atomic mass is 16.5. The van der Waals surface area contributed by atoms with Crippen molar-refractivity contribution in [2.24, 2.45) is 23.7 Å². The predicted molar refractivity (Wildman–Crippen MR) is 108 cm³/mol. The van der Waals surface area contributed by atoms with Crippen LogP contribution in [0.3, 0.4) is 0 Å². The molecule has 6 heteroatoms. The summed E-state index contributed by atoms with van der Waals surface area (Å²) < 4.78 is 5.12. The van der Waals surface area contributed by atoms with Gasteiger partial charge in [0.25, 0.3) is 5.91 Å². The molecule has 5 rings (SSSR count). The van der Waals surface area contributed by atoms with Crippen LogP contribution in [0.15, 0.2) is 60.7 Å². The molecule has 2 aromatic rings. The molecule has 2 fully saturated rings. The second-order valence-corrected chi connectivity index (χ2v) is 7.74. The molecule has 1 aliphatic heterocycles. The van der Waals surface area contributed by atoms with Crippen LogP contribution in [0, 0.1) is 23.7 Å². The zero-order chi connectivity index (χ0) is 20.1. The molecule has 4 atom stereocenters. The summed E-state index contributed by atoms with van der Waals surface area (Å²) in [6.45, 7) is 0. The molecule has 2 aliphatic carbocycles. The van der Waals surface area contributed by atoms with Crippen LogP contribution in [0.1, 0.15) is 16.8 Å². The van der Waals surface area contributed by atoms with E-state index in [-0.39, 0.29) is 41.4 Å². The van der Waals surface area contributed by atoms with Crippen LogP contribution in [0.2, 0.25) is 0 Å². The molecule has 0 spiro atoms. The van der Waals surface area contributed by atoms with Gasteiger partial charge in [0.1, 0.15) is 5.75 Å². The van der Waals surface area contributed by atoms with E-state index < -0.39 is 0 Å². The molecule has 2 bridgehead atoms. The number of hydrogen-bond acceptors (Lipinski definition) is 4. The molecule has 1 saturated heterocycles. The molecule has 3 aliphatic rings. The lowest BCUT2D eigenvalue weighted by Crippen LogP contribution is -2.33. The Bertz CT molecular complexity index is 1010. The minimum Gasteiger partial charge on any atom is -0.497 e. The van der Waals surface area contributed by atoms with E-state index in [2.05, 4.69) is 17.5 Å². The van der Waals surface area contributed by atoms with Gasteiger partial charge < -0.3 is 10.1 Å². The Morgan fingerprint density at radius 3 is 2.28 bits per heavy atom. The molecule has 2 aromatic carbocycles. The van der Waals surface area contributed by atoms with Gasteiger partial charge in [0.2, 0.25) is 11.8 Å². The third-order valence-corrected chi connectivity index (χ3v) is 6.18.